The van der Waals surface area contributed by atoms with E-state index in [1.54, 1.807) is 7.11 Å². The lowest BCUT2D eigenvalue weighted by atomic mass is 10.2. The summed E-state index contributed by atoms with van der Waals surface area (Å²) in [4.78, 5) is 0. The monoisotopic (exact) mass is 273 g/mol. The molecular formula is C11H16BrNO2. The molecule has 0 unspecified atom stereocenters. The molecule has 1 aromatic rings. The molecule has 1 aromatic carbocycles. The van der Waals surface area contributed by atoms with Gasteiger partial charge in [0.15, 0.2) is 11.5 Å². The molecule has 0 aromatic heterocycles. The van der Waals surface area contributed by atoms with Crippen molar-refractivity contribution < 1.29 is 9.47 Å². The van der Waals surface area contributed by atoms with Crippen LogP contribution in [0, 0.1) is 0 Å². The standard InChI is InChI=1S/C11H16BrNO2/c1-4-15-11-5-8(7-13-2)9(12)6-10(11)14-3/h5-6,13H,4,7H2,1-3H3. The summed E-state index contributed by atoms with van der Waals surface area (Å²) in [6.07, 6.45) is 0. The molecule has 0 spiro atoms. The summed E-state index contributed by atoms with van der Waals surface area (Å²) in [7, 11) is 3.55. The Kier molecular flexibility index (Phi) is 4.91. The first-order valence-electron chi connectivity index (χ1n) is 4.86. The molecule has 0 aliphatic rings. The van der Waals surface area contributed by atoms with Crippen molar-refractivity contribution in [2.45, 2.75) is 13.5 Å². The minimum absolute atomic E-state index is 0.636. The van der Waals surface area contributed by atoms with Crippen molar-refractivity contribution in [3.05, 3.63) is 22.2 Å². The molecule has 0 amide bonds. The van der Waals surface area contributed by atoms with Crippen LogP contribution in [0.5, 0.6) is 11.5 Å². The first-order chi connectivity index (χ1) is 7.22. The van der Waals surface area contributed by atoms with Gasteiger partial charge >= 0.3 is 0 Å². The third kappa shape index (κ3) is 3.11. The van der Waals surface area contributed by atoms with Crippen molar-refractivity contribution >= 4 is 15.9 Å². The first-order valence-corrected chi connectivity index (χ1v) is 5.66. The van der Waals surface area contributed by atoms with Crippen molar-refractivity contribution in [1.29, 1.82) is 0 Å². The Morgan fingerprint density at radius 1 is 1.33 bits per heavy atom. The minimum Gasteiger partial charge on any atom is -0.493 e. The van der Waals surface area contributed by atoms with E-state index in [9.17, 15) is 0 Å². The lowest BCUT2D eigenvalue weighted by Gasteiger charge is -2.12. The highest BCUT2D eigenvalue weighted by Crippen LogP contribution is 2.33. The predicted octanol–water partition coefficient (Wildman–Crippen LogP) is 2.58. The average Bonchev–Trinajstić information content (AvgIpc) is 2.23. The molecule has 0 fully saturated rings. The molecular weight excluding hydrogens is 258 g/mol. The Labute approximate surface area is 98.9 Å². The Morgan fingerprint density at radius 2 is 2.07 bits per heavy atom. The smallest absolute Gasteiger partial charge is 0.161 e. The number of benzene rings is 1. The number of ether oxygens (including phenoxy) is 2. The lowest BCUT2D eigenvalue weighted by molar-refractivity contribution is 0.310. The molecule has 0 bridgehead atoms. The number of rotatable bonds is 5. The van der Waals surface area contributed by atoms with Gasteiger partial charge in [0.2, 0.25) is 0 Å². The summed E-state index contributed by atoms with van der Waals surface area (Å²) < 4.78 is 11.8. The van der Waals surface area contributed by atoms with Crippen LogP contribution in [0.25, 0.3) is 0 Å². The maximum atomic E-state index is 5.50. The minimum atomic E-state index is 0.636. The van der Waals surface area contributed by atoms with Crippen molar-refractivity contribution in [2.75, 3.05) is 20.8 Å². The second-order valence-corrected chi connectivity index (χ2v) is 3.91. The van der Waals surface area contributed by atoms with Crippen molar-refractivity contribution in [1.82, 2.24) is 5.32 Å². The van der Waals surface area contributed by atoms with E-state index in [2.05, 4.69) is 21.2 Å². The molecule has 84 valence electrons. The van der Waals surface area contributed by atoms with E-state index < -0.39 is 0 Å². The molecule has 0 aliphatic heterocycles. The quantitative estimate of drug-likeness (QED) is 0.895. The number of hydrogen-bond donors (Lipinski definition) is 1. The van der Waals surface area contributed by atoms with Gasteiger partial charge in [-0.3, -0.25) is 0 Å². The highest BCUT2D eigenvalue weighted by atomic mass is 79.9. The van der Waals surface area contributed by atoms with Crippen LogP contribution in [-0.2, 0) is 6.54 Å². The fraction of sp³-hybridized carbons (Fsp3) is 0.455. The average molecular weight is 274 g/mol. The largest absolute Gasteiger partial charge is 0.493 e. The lowest BCUT2D eigenvalue weighted by Crippen LogP contribution is -2.06. The van der Waals surface area contributed by atoms with Crippen molar-refractivity contribution in [2.24, 2.45) is 0 Å². The van der Waals surface area contributed by atoms with E-state index in [0.29, 0.717) is 6.61 Å². The van der Waals surface area contributed by atoms with Gasteiger partial charge in [-0.15, -0.1) is 0 Å². The van der Waals surface area contributed by atoms with E-state index in [-0.39, 0.29) is 0 Å². The molecule has 0 atom stereocenters. The topological polar surface area (TPSA) is 30.5 Å². The normalized spacial score (nSPS) is 10.1. The van der Waals surface area contributed by atoms with Gasteiger partial charge in [-0.1, -0.05) is 15.9 Å². The Hall–Kier alpha value is -0.740. The number of hydrogen-bond acceptors (Lipinski definition) is 3. The van der Waals surface area contributed by atoms with Gasteiger partial charge in [0.25, 0.3) is 0 Å². The number of nitrogens with one attached hydrogen (secondary N) is 1. The maximum Gasteiger partial charge on any atom is 0.161 e. The van der Waals surface area contributed by atoms with Gasteiger partial charge in [-0.25, -0.2) is 0 Å². The molecule has 0 radical (unpaired) electrons. The summed E-state index contributed by atoms with van der Waals surface area (Å²) in [5, 5.41) is 3.11. The van der Waals surface area contributed by atoms with Crippen LogP contribution < -0.4 is 14.8 Å². The highest BCUT2D eigenvalue weighted by molar-refractivity contribution is 9.10. The number of methoxy groups -OCH3 is 1. The first kappa shape index (κ1) is 12.3. The predicted molar refractivity (Wildman–Crippen MR) is 64.6 cm³/mol. The fourth-order valence-corrected chi connectivity index (χ4v) is 1.79. The van der Waals surface area contributed by atoms with Gasteiger partial charge in [-0.2, -0.15) is 0 Å². The molecule has 0 saturated heterocycles. The molecule has 1 rings (SSSR count). The van der Waals surface area contributed by atoms with Crippen LogP contribution in [0.3, 0.4) is 0 Å². The van der Waals surface area contributed by atoms with Gasteiger partial charge in [0, 0.05) is 11.0 Å². The van der Waals surface area contributed by atoms with Crippen LogP contribution in [0.2, 0.25) is 0 Å². The van der Waals surface area contributed by atoms with Crippen LogP contribution in [0.1, 0.15) is 12.5 Å². The van der Waals surface area contributed by atoms with E-state index in [0.717, 1.165) is 28.1 Å². The SMILES string of the molecule is CCOc1cc(CNC)c(Br)cc1OC. The molecule has 1 N–H and O–H groups in total. The summed E-state index contributed by atoms with van der Waals surface area (Å²) in [5.74, 6) is 1.54. The summed E-state index contributed by atoms with van der Waals surface area (Å²) >= 11 is 3.50. The van der Waals surface area contributed by atoms with Crippen LogP contribution in [-0.4, -0.2) is 20.8 Å². The summed E-state index contributed by atoms with van der Waals surface area (Å²) in [6.45, 7) is 3.39. The third-order valence-electron chi connectivity index (χ3n) is 2.00. The zero-order valence-electron chi connectivity index (χ0n) is 9.26. The second kappa shape index (κ2) is 5.98. The maximum absolute atomic E-state index is 5.50. The van der Waals surface area contributed by atoms with Gasteiger partial charge in [0.1, 0.15) is 0 Å². The number of halogens is 1. The fourth-order valence-electron chi connectivity index (χ4n) is 1.33. The van der Waals surface area contributed by atoms with Crippen LogP contribution in [0.15, 0.2) is 16.6 Å². The van der Waals surface area contributed by atoms with Gasteiger partial charge < -0.3 is 14.8 Å². The Balaban J connectivity index is 3.05. The summed E-state index contributed by atoms with van der Waals surface area (Å²) in [5.41, 5.74) is 1.15. The zero-order chi connectivity index (χ0) is 11.3. The van der Waals surface area contributed by atoms with E-state index in [1.165, 1.54) is 0 Å². The molecule has 15 heavy (non-hydrogen) atoms. The summed E-state index contributed by atoms with van der Waals surface area (Å²) in [6, 6.07) is 3.92. The molecule has 0 saturated carbocycles. The van der Waals surface area contributed by atoms with E-state index in [1.807, 2.05) is 26.1 Å². The van der Waals surface area contributed by atoms with Crippen LogP contribution in [0.4, 0.5) is 0 Å². The van der Waals surface area contributed by atoms with E-state index in [4.69, 9.17) is 9.47 Å². The second-order valence-electron chi connectivity index (χ2n) is 3.06. The van der Waals surface area contributed by atoms with Crippen LogP contribution >= 0.6 is 15.9 Å². The van der Waals surface area contributed by atoms with Crippen molar-refractivity contribution in [3.63, 3.8) is 0 Å². The molecule has 0 aliphatic carbocycles. The molecule has 3 nitrogen and oxygen atoms in total. The molecule has 0 heterocycles. The molecule has 4 heteroatoms. The third-order valence-corrected chi connectivity index (χ3v) is 2.74. The van der Waals surface area contributed by atoms with E-state index >= 15 is 0 Å². The Bertz CT molecular complexity index is 329. The Morgan fingerprint density at radius 3 is 2.60 bits per heavy atom. The highest BCUT2D eigenvalue weighted by Gasteiger charge is 2.09. The zero-order valence-corrected chi connectivity index (χ0v) is 10.8. The van der Waals surface area contributed by atoms with Gasteiger partial charge in [0.05, 0.1) is 13.7 Å². The van der Waals surface area contributed by atoms with Crippen molar-refractivity contribution in [3.8, 4) is 11.5 Å². The van der Waals surface area contributed by atoms with Gasteiger partial charge in [-0.05, 0) is 31.7 Å².